The Bertz CT molecular complexity index is 752. The van der Waals surface area contributed by atoms with Crippen LogP contribution in [0.15, 0.2) is 36.5 Å². The standard InChI is InChI=1S/C14H11ClFN3/c1-9-18-13-3-2-6-17-14(13)19(9)8-10-4-5-11(16)7-12(10)15/h2-7H,8H2,1H3. The molecule has 0 aliphatic rings. The van der Waals surface area contributed by atoms with Gasteiger partial charge in [-0.05, 0) is 36.8 Å². The van der Waals surface area contributed by atoms with E-state index in [2.05, 4.69) is 9.97 Å². The molecule has 0 N–H and O–H groups in total. The molecular formula is C14H11ClFN3. The van der Waals surface area contributed by atoms with Gasteiger partial charge in [-0.2, -0.15) is 0 Å². The van der Waals surface area contributed by atoms with E-state index in [1.165, 1.54) is 12.1 Å². The summed E-state index contributed by atoms with van der Waals surface area (Å²) in [6.07, 6.45) is 1.73. The Morgan fingerprint density at radius 3 is 2.95 bits per heavy atom. The summed E-state index contributed by atoms with van der Waals surface area (Å²) in [5.74, 6) is 0.521. The van der Waals surface area contributed by atoms with Gasteiger partial charge in [0.1, 0.15) is 17.2 Å². The summed E-state index contributed by atoms with van der Waals surface area (Å²) in [5.41, 5.74) is 2.50. The van der Waals surface area contributed by atoms with Gasteiger partial charge in [0.05, 0.1) is 6.54 Å². The van der Waals surface area contributed by atoms with Gasteiger partial charge in [-0.15, -0.1) is 0 Å². The van der Waals surface area contributed by atoms with Crippen LogP contribution in [0, 0.1) is 12.7 Å². The molecule has 3 nitrogen and oxygen atoms in total. The van der Waals surface area contributed by atoms with E-state index in [0.717, 1.165) is 22.6 Å². The second-order valence-electron chi connectivity index (χ2n) is 4.33. The molecule has 0 bridgehead atoms. The lowest BCUT2D eigenvalue weighted by Gasteiger charge is -2.08. The monoisotopic (exact) mass is 275 g/mol. The fourth-order valence-electron chi connectivity index (χ4n) is 2.08. The molecule has 0 spiro atoms. The van der Waals surface area contributed by atoms with Crippen LogP contribution in [0.1, 0.15) is 11.4 Å². The van der Waals surface area contributed by atoms with Crippen molar-refractivity contribution in [3.05, 3.63) is 58.8 Å². The van der Waals surface area contributed by atoms with Crippen LogP contribution < -0.4 is 0 Å². The van der Waals surface area contributed by atoms with E-state index in [9.17, 15) is 4.39 Å². The number of pyridine rings is 1. The molecule has 0 saturated carbocycles. The van der Waals surface area contributed by atoms with Gasteiger partial charge in [0.2, 0.25) is 0 Å². The molecule has 0 radical (unpaired) electrons. The van der Waals surface area contributed by atoms with Gasteiger partial charge in [0.25, 0.3) is 0 Å². The molecule has 2 heterocycles. The first-order valence-corrected chi connectivity index (χ1v) is 6.25. The fraction of sp³-hybridized carbons (Fsp3) is 0.143. The summed E-state index contributed by atoms with van der Waals surface area (Å²) >= 11 is 6.06. The highest BCUT2D eigenvalue weighted by Gasteiger charge is 2.10. The number of aromatic nitrogens is 3. The zero-order chi connectivity index (χ0) is 13.4. The third-order valence-corrected chi connectivity index (χ3v) is 3.39. The van der Waals surface area contributed by atoms with E-state index >= 15 is 0 Å². The average molecular weight is 276 g/mol. The Hall–Kier alpha value is -1.94. The van der Waals surface area contributed by atoms with Gasteiger partial charge >= 0.3 is 0 Å². The smallest absolute Gasteiger partial charge is 0.160 e. The molecule has 0 aliphatic heterocycles. The van der Waals surface area contributed by atoms with Crippen molar-refractivity contribution in [2.24, 2.45) is 0 Å². The molecule has 0 unspecified atom stereocenters. The number of halogens is 2. The minimum Gasteiger partial charge on any atom is -0.308 e. The maximum atomic E-state index is 13.0. The molecule has 2 aromatic heterocycles. The summed E-state index contributed by atoms with van der Waals surface area (Å²) in [4.78, 5) is 8.77. The first-order valence-electron chi connectivity index (χ1n) is 5.87. The number of rotatable bonds is 2. The van der Waals surface area contributed by atoms with Gasteiger partial charge in [0, 0.05) is 11.2 Å². The third-order valence-electron chi connectivity index (χ3n) is 3.04. The number of hydrogen-bond acceptors (Lipinski definition) is 2. The SMILES string of the molecule is Cc1nc2cccnc2n1Cc1ccc(F)cc1Cl. The lowest BCUT2D eigenvalue weighted by molar-refractivity contribution is 0.626. The first kappa shape index (κ1) is 12.1. The molecule has 19 heavy (non-hydrogen) atoms. The summed E-state index contributed by atoms with van der Waals surface area (Å²) in [6, 6.07) is 8.18. The topological polar surface area (TPSA) is 30.7 Å². The van der Waals surface area contributed by atoms with E-state index in [-0.39, 0.29) is 5.82 Å². The van der Waals surface area contributed by atoms with Crippen LogP contribution in [0.5, 0.6) is 0 Å². The predicted octanol–water partition coefficient (Wildman–Crippen LogP) is 3.58. The molecule has 0 amide bonds. The van der Waals surface area contributed by atoms with Gasteiger partial charge < -0.3 is 4.57 Å². The van der Waals surface area contributed by atoms with Crippen molar-refractivity contribution >= 4 is 22.8 Å². The molecule has 3 aromatic rings. The Balaban J connectivity index is 2.08. The zero-order valence-corrected chi connectivity index (χ0v) is 11.0. The van der Waals surface area contributed by atoms with Crippen LogP contribution >= 0.6 is 11.6 Å². The molecular weight excluding hydrogens is 265 g/mol. The van der Waals surface area contributed by atoms with Gasteiger partial charge in [0.15, 0.2) is 5.65 Å². The highest BCUT2D eigenvalue weighted by atomic mass is 35.5. The molecule has 0 fully saturated rings. The van der Waals surface area contributed by atoms with E-state index in [1.807, 2.05) is 23.6 Å². The molecule has 0 saturated heterocycles. The maximum absolute atomic E-state index is 13.0. The Morgan fingerprint density at radius 1 is 1.32 bits per heavy atom. The largest absolute Gasteiger partial charge is 0.308 e. The number of benzene rings is 1. The van der Waals surface area contributed by atoms with Crippen LogP contribution in [-0.4, -0.2) is 14.5 Å². The van der Waals surface area contributed by atoms with E-state index < -0.39 is 0 Å². The Kier molecular flexibility index (Phi) is 2.95. The van der Waals surface area contributed by atoms with Crippen molar-refractivity contribution in [3.63, 3.8) is 0 Å². The van der Waals surface area contributed by atoms with Crippen molar-refractivity contribution in [3.8, 4) is 0 Å². The van der Waals surface area contributed by atoms with Crippen molar-refractivity contribution in [1.82, 2.24) is 14.5 Å². The molecule has 5 heteroatoms. The lowest BCUT2D eigenvalue weighted by Crippen LogP contribution is -2.03. The summed E-state index contributed by atoms with van der Waals surface area (Å²) in [6.45, 7) is 2.44. The first-order chi connectivity index (χ1) is 9.15. The zero-order valence-electron chi connectivity index (χ0n) is 10.3. The highest BCUT2D eigenvalue weighted by Crippen LogP contribution is 2.21. The summed E-state index contributed by atoms with van der Waals surface area (Å²) in [5, 5.41) is 0.414. The van der Waals surface area contributed by atoms with Crippen molar-refractivity contribution in [1.29, 1.82) is 0 Å². The molecule has 1 aromatic carbocycles. The number of nitrogens with zero attached hydrogens (tertiary/aromatic N) is 3. The average Bonchev–Trinajstić information content (AvgIpc) is 2.69. The van der Waals surface area contributed by atoms with Crippen molar-refractivity contribution in [2.45, 2.75) is 13.5 Å². The van der Waals surface area contributed by atoms with Gasteiger partial charge in [-0.1, -0.05) is 17.7 Å². The minimum absolute atomic E-state index is 0.334. The maximum Gasteiger partial charge on any atom is 0.160 e. The summed E-state index contributed by atoms with van der Waals surface area (Å²) in [7, 11) is 0. The van der Waals surface area contributed by atoms with Crippen molar-refractivity contribution < 1.29 is 4.39 Å². The van der Waals surface area contributed by atoms with Crippen LogP contribution in [0.25, 0.3) is 11.2 Å². The van der Waals surface area contributed by atoms with Crippen LogP contribution in [0.4, 0.5) is 4.39 Å². The molecule has 96 valence electrons. The highest BCUT2D eigenvalue weighted by molar-refractivity contribution is 6.31. The van der Waals surface area contributed by atoms with Crippen LogP contribution in [0.2, 0.25) is 5.02 Å². The minimum atomic E-state index is -0.334. The molecule has 0 atom stereocenters. The van der Waals surface area contributed by atoms with E-state index in [1.54, 1.807) is 12.3 Å². The second kappa shape index (κ2) is 4.63. The lowest BCUT2D eigenvalue weighted by atomic mass is 10.2. The second-order valence-corrected chi connectivity index (χ2v) is 4.73. The summed E-state index contributed by atoms with van der Waals surface area (Å²) < 4.78 is 15.0. The number of fused-ring (bicyclic) bond motifs is 1. The quantitative estimate of drug-likeness (QED) is 0.716. The number of hydrogen-bond donors (Lipinski definition) is 0. The number of aryl methyl sites for hydroxylation is 1. The van der Waals surface area contributed by atoms with Gasteiger partial charge in [-0.3, -0.25) is 0 Å². The molecule has 3 rings (SSSR count). The Labute approximate surface area is 114 Å². The van der Waals surface area contributed by atoms with E-state index in [4.69, 9.17) is 11.6 Å². The number of imidazole rings is 1. The molecule has 0 aliphatic carbocycles. The van der Waals surface area contributed by atoms with Crippen LogP contribution in [-0.2, 0) is 6.54 Å². The fourth-order valence-corrected chi connectivity index (χ4v) is 2.31. The van der Waals surface area contributed by atoms with Crippen molar-refractivity contribution in [2.75, 3.05) is 0 Å². The Morgan fingerprint density at radius 2 is 2.16 bits per heavy atom. The van der Waals surface area contributed by atoms with E-state index in [0.29, 0.717) is 11.6 Å². The van der Waals surface area contributed by atoms with Crippen LogP contribution in [0.3, 0.4) is 0 Å². The normalized spacial score (nSPS) is 11.1. The van der Waals surface area contributed by atoms with Gasteiger partial charge in [-0.25, -0.2) is 14.4 Å². The third kappa shape index (κ3) is 2.19. The predicted molar refractivity (Wildman–Crippen MR) is 72.8 cm³/mol.